The van der Waals surface area contributed by atoms with Crippen LogP contribution in [0, 0.1) is 11.3 Å². The fourth-order valence-corrected chi connectivity index (χ4v) is 3.07. The zero-order valence-electron chi connectivity index (χ0n) is 10.2. The Balaban J connectivity index is 1.71. The summed E-state index contributed by atoms with van der Waals surface area (Å²) in [7, 11) is 0. The fourth-order valence-electron chi connectivity index (χ4n) is 2.04. The second kappa shape index (κ2) is 4.90. The van der Waals surface area contributed by atoms with Crippen LogP contribution in [0.2, 0.25) is 0 Å². The van der Waals surface area contributed by atoms with Crippen molar-refractivity contribution in [3.8, 4) is 6.07 Å². The van der Waals surface area contributed by atoms with Gasteiger partial charge >= 0.3 is 0 Å². The van der Waals surface area contributed by atoms with Crippen LogP contribution in [0.1, 0.15) is 35.1 Å². The zero-order chi connectivity index (χ0) is 13.2. The van der Waals surface area contributed by atoms with E-state index in [4.69, 9.17) is 15.5 Å². The van der Waals surface area contributed by atoms with E-state index < -0.39 is 0 Å². The number of hydrogen-bond acceptors (Lipinski definition) is 7. The van der Waals surface area contributed by atoms with E-state index in [2.05, 4.69) is 21.5 Å². The van der Waals surface area contributed by atoms with Gasteiger partial charge in [0.2, 0.25) is 5.89 Å². The first-order valence-corrected chi connectivity index (χ1v) is 6.93. The van der Waals surface area contributed by atoms with Crippen LogP contribution in [0.15, 0.2) is 10.9 Å². The van der Waals surface area contributed by atoms with E-state index in [0.717, 1.165) is 23.4 Å². The molecule has 0 atom stereocenters. The van der Waals surface area contributed by atoms with Crippen molar-refractivity contribution >= 4 is 22.0 Å². The lowest BCUT2D eigenvalue weighted by atomic mass is 10.1. The van der Waals surface area contributed by atoms with Gasteiger partial charge in [0, 0.05) is 18.5 Å². The topological polar surface area (TPSA) is 101 Å². The van der Waals surface area contributed by atoms with Crippen LogP contribution in [0.3, 0.4) is 0 Å². The highest BCUT2D eigenvalue weighted by molar-refractivity contribution is 7.17. The first-order chi connectivity index (χ1) is 9.29. The van der Waals surface area contributed by atoms with Crippen molar-refractivity contribution in [1.82, 2.24) is 10.1 Å². The summed E-state index contributed by atoms with van der Waals surface area (Å²) in [5.74, 6) is 1.12. The Morgan fingerprint density at radius 2 is 2.42 bits per heavy atom. The number of nitrogens with two attached hydrogens (primary N) is 1. The monoisotopic (exact) mass is 275 g/mol. The molecular weight excluding hydrogens is 262 g/mol. The number of hydrogen-bond donors (Lipinski definition) is 2. The Kier molecular flexibility index (Phi) is 3.09. The van der Waals surface area contributed by atoms with E-state index in [1.165, 1.54) is 17.7 Å². The maximum atomic E-state index is 9.05. The number of thiophene rings is 1. The van der Waals surface area contributed by atoms with Gasteiger partial charge in [-0.1, -0.05) is 5.16 Å². The van der Waals surface area contributed by atoms with Gasteiger partial charge in [0.1, 0.15) is 10.9 Å². The molecular formula is C12H13N5OS. The van der Waals surface area contributed by atoms with E-state index in [1.54, 1.807) is 0 Å². The number of rotatable bonds is 5. The molecule has 0 aliphatic heterocycles. The third-order valence-corrected chi connectivity index (χ3v) is 4.19. The normalized spacial score (nSPS) is 14.3. The van der Waals surface area contributed by atoms with Crippen molar-refractivity contribution in [3.63, 3.8) is 0 Å². The van der Waals surface area contributed by atoms with Gasteiger partial charge in [-0.2, -0.15) is 10.2 Å². The number of nitrogens with zero attached hydrogens (tertiary/aromatic N) is 3. The zero-order valence-corrected chi connectivity index (χ0v) is 11.0. The highest BCUT2D eigenvalue weighted by atomic mass is 32.1. The lowest BCUT2D eigenvalue weighted by Gasteiger charge is -2.05. The summed E-state index contributed by atoms with van der Waals surface area (Å²) in [6.07, 6.45) is 4.36. The van der Waals surface area contributed by atoms with E-state index >= 15 is 0 Å². The fraction of sp³-hybridized carbons (Fsp3) is 0.417. The minimum absolute atomic E-state index is 0.518. The summed E-state index contributed by atoms with van der Waals surface area (Å²) in [5.41, 5.74) is 7.80. The number of nitriles is 1. The summed E-state index contributed by atoms with van der Waals surface area (Å²) in [6, 6.07) is 2.16. The second-order valence-electron chi connectivity index (χ2n) is 4.49. The number of aromatic nitrogens is 2. The van der Waals surface area contributed by atoms with Gasteiger partial charge in [-0.05, 0) is 18.8 Å². The van der Waals surface area contributed by atoms with Crippen LogP contribution in [-0.4, -0.2) is 16.7 Å². The molecule has 6 nitrogen and oxygen atoms in total. The van der Waals surface area contributed by atoms with Crippen molar-refractivity contribution in [2.75, 3.05) is 17.6 Å². The van der Waals surface area contributed by atoms with Gasteiger partial charge in [0.15, 0.2) is 6.33 Å². The minimum Gasteiger partial charge on any atom is -0.397 e. The molecule has 3 N–H and O–H groups in total. The first-order valence-electron chi connectivity index (χ1n) is 6.11. The third-order valence-electron chi connectivity index (χ3n) is 3.10. The van der Waals surface area contributed by atoms with E-state index in [1.807, 2.05) is 0 Å². The van der Waals surface area contributed by atoms with Gasteiger partial charge in [-0.3, -0.25) is 0 Å². The summed E-state index contributed by atoms with van der Waals surface area (Å²) in [5, 5.41) is 17.0. The van der Waals surface area contributed by atoms with Gasteiger partial charge in [-0.25, -0.2) is 0 Å². The number of nitrogens with one attached hydrogen (secondary N) is 1. The Labute approximate surface area is 114 Å². The number of anilines is 2. The maximum Gasteiger partial charge on any atom is 0.228 e. The summed E-state index contributed by atoms with van der Waals surface area (Å²) in [6.45, 7) is 0.687. The Hall–Kier alpha value is -2.07. The van der Waals surface area contributed by atoms with Crippen LogP contribution in [0.5, 0.6) is 0 Å². The first kappa shape index (κ1) is 12.0. The van der Waals surface area contributed by atoms with Crippen molar-refractivity contribution in [2.45, 2.75) is 25.2 Å². The Morgan fingerprint density at radius 1 is 1.58 bits per heavy atom. The third kappa shape index (κ3) is 2.39. The minimum atomic E-state index is 0.518. The molecule has 1 aliphatic carbocycles. The van der Waals surface area contributed by atoms with E-state index in [0.29, 0.717) is 35.3 Å². The second-order valence-corrected chi connectivity index (χ2v) is 5.51. The molecule has 1 aliphatic rings. The van der Waals surface area contributed by atoms with Crippen molar-refractivity contribution < 1.29 is 4.52 Å². The van der Waals surface area contributed by atoms with Crippen LogP contribution in [-0.2, 0) is 6.42 Å². The largest absolute Gasteiger partial charge is 0.397 e. The molecule has 19 heavy (non-hydrogen) atoms. The van der Waals surface area contributed by atoms with Gasteiger partial charge in [0.25, 0.3) is 0 Å². The van der Waals surface area contributed by atoms with Gasteiger partial charge < -0.3 is 15.6 Å². The van der Waals surface area contributed by atoms with Crippen LogP contribution < -0.4 is 11.1 Å². The molecule has 2 aromatic rings. The predicted octanol–water partition coefficient (Wildman–Crippen LogP) is 2.12. The molecule has 0 radical (unpaired) electrons. The Bertz CT molecular complexity index is 609. The molecule has 2 heterocycles. The van der Waals surface area contributed by atoms with Crippen molar-refractivity contribution in [2.24, 2.45) is 0 Å². The van der Waals surface area contributed by atoms with E-state index in [-0.39, 0.29) is 0 Å². The quantitative estimate of drug-likeness (QED) is 0.866. The average Bonchev–Trinajstić information content (AvgIpc) is 3.00. The lowest BCUT2D eigenvalue weighted by Crippen LogP contribution is -2.05. The molecule has 98 valence electrons. The van der Waals surface area contributed by atoms with E-state index in [9.17, 15) is 0 Å². The molecule has 0 amide bonds. The molecule has 1 saturated carbocycles. The van der Waals surface area contributed by atoms with Crippen molar-refractivity contribution in [1.29, 1.82) is 5.26 Å². The molecule has 7 heteroatoms. The molecule has 0 spiro atoms. The maximum absolute atomic E-state index is 9.05. The molecule has 0 saturated heterocycles. The smallest absolute Gasteiger partial charge is 0.228 e. The average molecular weight is 275 g/mol. The van der Waals surface area contributed by atoms with Crippen LogP contribution in [0.25, 0.3) is 0 Å². The molecule has 3 rings (SSSR count). The van der Waals surface area contributed by atoms with Gasteiger partial charge in [0.05, 0.1) is 10.7 Å². The standard InChI is InChI=1S/C12H13N5OS/c13-5-8-11(14)10(7-1-2-7)12(19-8)15-4-3-9-16-6-17-18-9/h6-7,15H,1-4,14H2. The van der Waals surface area contributed by atoms with Gasteiger partial charge in [-0.15, -0.1) is 11.3 Å². The molecule has 2 aromatic heterocycles. The predicted molar refractivity (Wildman–Crippen MR) is 71.9 cm³/mol. The molecule has 0 unspecified atom stereocenters. The highest BCUT2D eigenvalue weighted by Gasteiger charge is 2.31. The highest BCUT2D eigenvalue weighted by Crippen LogP contribution is 2.50. The van der Waals surface area contributed by atoms with Crippen LogP contribution in [0.4, 0.5) is 10.7 Å². The molecule has 1 fully saturated rings. The van der Waals surface area contributed by atoms with Crippen molar-refractivity contribution in [3.05, 3.63) is 22.7 Å². The SMILES string of the molecule is N#Cc1sc(NCCc2ncno2)c(C2CC2)c1N. The summed E-state index contributed by atoms with van der Waals surface area (Å²) < 4.78 is 4.94. The summed E-state index contributed by atoms with van der Waals surface area (Å²) >= 11 is 1.43. The molecule has 0 aromatic carbocycles. The summed E-state index contributed by atoms with van der Waals surface area (Å²) in [4.78, 5) is 4.56. The lowest BCUT2D eigenvalue weighted by molar-refractivity contribution is 0.380. The molecule has 0 bridgehead atoms. The Morgan fingerprint density at radius 3 is 3.05 bits per heavy atom. The number of nitrogen functional groups attached to an aromatic ring is 1. The van der Waals surface area contributed by atoms with Crippen LogP contribution >= 0.6 is 11.3 Å².